The Morgan fingerprint density at radius 2 is 1.33 bits per heavy atom. The second-order valence-corrected chi connectivity index (χ2v) is 8.74. The fourth-order valence-corrected chi connectivity index (χ4v) is 5.53. The van der Waals surface area contributed by atoms with E-state index in [1.54, 1.807) is 0 Å². The average molecular weight is 363 g/mol. The van der Waals surface area contributed by atoms with Crippen LogP contribution >= 0.6 is 0 Å². The van der Waals surface area contributed by atoms with Crippen molar-refractivity contribution in [1.82, 2.24) is 4.90 Å². The molecule has 0 N–H and O–H groups in total. The lowest BCUT2D eigenvalue weighted by molar-refractivity contribution is 0.136. The monoisotopic (exact) mass is 362 g/mol. The second kappa shape index (κ2) is 7.31. The average Bonchev–Trinajstić information content (AvgIpc) is 3.24. The lowest BCUT2D eigenvalue weighted by atomic mass is 9.97. The summed E-state index contributed by atoms with van der Waals surface area (Å²) in [5, 5.41) is 0. The van der Waals surface area contributed by atoms with Crippen LogP contribution in [0.4, 0.5) is 5.69 Å². The Hall–Kier alpha value is -1.80. The Bertz CT molecular complexity index is 785. The van der Waals surface area contributed by atoms with Gasteiger partial charge in [0.15, 0.2) is 0 Å². The summed E-state index contributed by atoms with van der Waals surface area (Å²) in [6.07, 6.45) is 5.79. The highest BCUT2D eigenvalue weighted by Gasteiger charge is 2.47. The van der Waals surface area contributed by atoms with Crippen molar-refractivity contribution in [1.29, 1.82) is 0 Å². The molecule has 0 radical (unpaired) electrons. The van der Waals surface area contributed by atoms with Gasteiger partial charge in [0, 0.05) is 23.8 Å². The van der Waals surface area contributed by atoms with Crippen LogP contribution in [0.15, 0.2) is 42.5 Å². The summed E-state index contributed by atoms with van der Waals surface area (Å²) in [5.41, 5.74) is 7.13. The summed E-state index contributed by atoms with van der Waals surface area (Å²) in [6, 6.07) is 17.5. The molecule has 2 heteroatoms. The predicted molar refractivity (Wildman–Crippen MR) is 115 cm³/mol. The minimum absolute atomic E-state index is 0.334. The fourth-order valence-electron chi connectivity index (χ4n) is 5.53. The molecule has 2 fully saturated rings. The summed E-state index contributed by atoms with van der Waals surface area (Å²) in [7, 11) is 0. The Labute approximate surface area is 165 Å². The molecule has 2 aromatic rings. The van der Waals surface area contributed by atoms with E-state index in [4.69, 9.17) is 0 Å². The minimum atomic E-state index is 0.334. The lowest BCUT2D eigenvalue weighted by Crippen LogP contribution is -2.40. The van der Waals surface area contributed by atoms with Gasteiger partial charge in [0.1, 0.15) is 6.17 Å². The molecule has 27 heavy (non-hydrogen) atoms. The Kier molecular flexibility index (Phi) is 5.03. The maximum Gasteiger partial charge on any atom is 0.110 e. The van der Waals surface area contributed by atoms with Crippen molar-refractivity contribution in [2.45, 2.75) is 84.6 Å². The highest BCUT2D eigenvalue weighted by Crippen LogP contribution is 2.47. The summed E-state index contributed by atoms with van der Waals surface area (Å²) < 4.78 is 0. The van der Waals surface area contributed by atoms with Crippen molar-refractivity contribution >= 4 is 5.69 Å². The van der Waals surface area contributed by atoms with Gasteiger partial charge in [0.05, 0.1) is 0 Å². The zero-order valence-electron chi connectivity index (χ0n) is 17.6. The molecule has 1 aliphatic carbocycles. The molecule has 1 aliphatic heterocycles. The maximum atomic E-state index is 2.86. The molecule has 0 spiro atoms. The standard InChI is InChI=1S/C25H34N2/c1-17-11-6-9-16-23(17)27-21(5)20(4)26(22-14-7-8-15-22)25(27)24-18(2)12-10-13-19(24)3/h6,9-13,16,20-22,25H,7-8,14-15H2,1-5H3/t20?,21-,25?/m0/s1. The van der Waals surface area contributed by atoms with Crippen LogP contribution in [0.1, 0.15) is 68.0 Å². The van der Waals surface area contributed by atoms with Crippen molar-refractivity contribution in [2.24, 2.45) is 0 Å². The molecule has 144 valence electrons. The van der Waals surface area contributed by atoms with Gasteiger partial charge in [-0.1, -0.05) is 49.2 Å². The van der Waals surface area contributed by atoms with E-state index in [-0.39, 0.29) is 0 Å². The number of rotatable bonds is 3. The van der Waals surface area contributed by atoms with Crippen LogP contribution in [-0.4, -0.2) is 23.0 Å². The summed E-state index contributed by atoms with van der Waals surface area (Å²) in [5.74, 6) is 0. The first-order valence-electron chi connectivity index (χ1n) is 10.7. The van der Waals surface area contributed by atoms with Crippen LogP contribution in [0, 0.1) is 20.8 Å². The molecule has 2 nitrogen and oxygen atoms in total. The van der Waals surface area contributed by atoms with E-state index >= 15 is 0 Å². The maximum absolute atomic E-state index is 2.86. The number of para-hydroxylation sites is 1. The van der Waals surface area contributed by atoms with Crippen LogP contribution in [0.5, 0.6) is 0 Å². The van der Waals surface area contributed by atoms with E-state index in [1.165, 1.54) is 53.6 Å². The first-order valence-corrected chi connectivity index (χ1v) is 10.7. The van der Waals surface area contributed by atoms with Crippen LogP contribution in [0.25, 0.3) is 0 Å². The third-order valence-electron chi connectivity index (χ3n) is 7.09. The van der Waals surface area contributed by atoms with Crippen molar-refractivity contribution in [2.75, 3.05) is 4.90 Å². The molecule has 2 aromatic carbocycles. The van der Waals surface area contributed by atoms with Gasteiger partial charge in [-0.3, -0.25) is 4.90 Å². The molecule has 3 atom stereocenters. The van der Waals surface area contributed by atoms with Gasteiger partial charge in [0.2, 0.25) is 0 Å². The molecule has 4 rings (SSSR count). The zero-order chi connectivity index (χ0) is 19.1. The van der Waals surface area contributed by atoms with Gasteiger partial charge in [0.25, 0.3) is 0 Å². The fraction of sp³-hybridized carbons (Fsp3) is 0.520. The number of hydrogen-bond donors (Lipinski definition) is 0. The molecule has 2 unspecified atom stereocenters. The Morgan fingerprint density at radius 3 is 1.96 bits per heavy atom. The van der Waals surface area contributed by atoms with Gasteiger partial charge in [-0.05, 0) is 75.8 Å². The highest BCUT2D eigenvalue weighted by molar-refractivity contribution is 5.58. The first kappa shape index (κ1) is 18.6. The molecule has 0 aromatic heterocycles. The third kappa shape index (κ3) is 3.08. The van der Waals surface area contributed by atoms with Crippen LogP contribution in [0.3, 0.4) is 0 Å². The van der Waals surface area contributed by atoms with Crippen molar-refractivity contribution in [3.05, 3.63) is 64.7 Å². The van der Waals surface area contributed by atoms with Gasteiger partial charge < -0.3 is 4.90 Å². The minimum Gasteiger partial charge on any atom is -0.347 e. The number of anilines is 1. The highest BCUT2D eigenvalue weighted by atomic mass is 15.5. The van der Waals surface area contributed by atoms with Crippen LogP contribution in [-0.2, 0) is 0 Å². The van der Waals surface area contributed by atoms with E-state index in [0.717, 1.165) is 0 Å². The van der Waals surface area contributed by atoms with E-state index in [0.29, 0.717) is 24.3 Å². The van der Waals surface area contributed by atoms with E-state index < -0.39 is 0 Å². The van der Waals surface area contributed by atoms with Gasteiger partial charge in [-0.25, -0.2) is 0 Å². The SMILES string of the molecule is Cc1ccccc1N1C(c2c(C)cccc2C)N(C2CCCC2)C(C)[C@@H]1C. The number of hydrogen-bond acceptors (Lipinski definition) is 2. The smallest absolute Gasteiger partial charge is 0.110 e. The lowest BCUT2D eigenvalue weighted by Gasteiger charge is -2.38. The summed E-state index contributed by atoms with van der Waals surface area (Å²) >= 11 is 0. The van der Waals surface area contributed by atoms with E-state index in [2.05, 4.69) is 86.9 Å². The molecular weight excluding hydrogens is 328 g/mol. The Balaban J connectivity index is 1.89. The molecule has 2 aliphatic rings. The molecule has 0 bridgehead atoms. The summed E-state index contributed by atoms with van der Waals surface area (Å²) in [4.78, 5) is 5.58. The van der Waals surface area contributed by atoms with E-state index in [9.17, 15) is 0 Å². The van der Waals surface area contributed by atoms with Crippen molar-refractivity contribution < 1.29 is 0 Å². The molecule has 1 saturated heterocycles. The second-order valence-electron chi connectivity index (χ2n) is 8.74. The quantitative estimate of drug-likeness (QED) is 0.646. The predicted octanol–water partition coefficient (Wildman–Crippen LogP) is 6.15. The number of aryl methyl sites for hydroxylation is 3. The normalized spacial score (nSPS) is 26.9. The van der Waals surface area contributed by atoms with Gasteiger partial charge >= 0.3 is 0 Å². The molecule has 0 amide bonds. The van der Waals surface area contributed by atoms with Gasteiger partial charge in [-0.2, -0.15) is 0 Å². The third-order valence-corrected chi connectivity index (χ3v) is 7.09. The Morgan fingerprint density at radius 1 is 0.741 bits per heavy atom. The van der Waals surface area contributed by atoms with Crippen LogP contribution < -0.4 is 4.90 Å². The van der Waals surface area contributed by atoms with E-state index in [1.807, 2.05) is 0 Å². The number of benzene rings is 2. The molecule has 1 saturated carbocycles. The topological polar surface area (TPSA) is 6.48 Å². The number of nitrogens with zero attached hydrogens (tertiary/aromatic N) is 2. The summed E-state index contributed by atoms with van der Waals surface area (Å²) in [6.45, 7) is 11.7. The van der Waals surface area contributed by atoms with Gasteiger partial charge in [-0.15, -0.1) is 0 Å². The van der Waals surface area contributed by atoms with Crippen molar-refractivity contribution in [3.8, 4) is 0 Å². The molecule has 1 heterocycles. The largest absolute Gasteiger partial charge is 0.347 e. The first-order chi connectivity index (χ1) is 13.0. The van der Waals surface area contributed by atoms with Crippen LogP contribution in [0.2, 0.25) is 0 Å². The zero-order valence-corrected chi connectivity index (χ0v) is 17.6. The van der Waals surface area contributed by atoms with Crippen molar-refractivity contribution in [3.63, 3.8) is 0 Å². The molecular formula is C25H34N2.